The van der Waals surface area contributed by atoms with Crippen molar-refractivity contribution in [3.05, 3.63) is 35.4 Å². The number of ether oxygens (including phenoxy) is 1. The molecule has 21 heavy (non-hydrogen) atoms. The van der Waals surface area contributed by atoms with E-state index in [1.54, 1.807) is 0 Å². The van der Waals surface area contributed by atoms with E-state index in [9.17, 15) is 4.79 Å². The molecule has 4 nitrogen and oxygen atoms in total. The molecule has 1 rings (SSSR count). The van der Waals surface area contributed by atoms with Crippen molar-refractivity contribution >= 4 is 23.1 Å². The summed E-state index contributed by atoms with van der Waals surface area (Å²) < 4.78 is 5.43. The van der Waals surface area contributed by atoms with E-state index in [0.717, 1.165) is 37.0 Å². The third-order valence-corrected chi connectivity index (χ3v) is 3.27. The number of nitrogens with one attached hydrogen (secondary N) is 1. The van der Waals surface area contributed by atoms with Crippen LogP contribution in [0, 0.1) is 0 Å². The lowest BCUT2D eigenvalue weighted by Gasteiger charge is -2.06. The minimum atomic E-state index is 0.0200. The Morgan fingerprint density at radius 1 is 1.24 bits per heavy atom. The molecule has 116 valence electrons. The molecule has 0 fully saturated rings. The number of benzene rings is 1. The molecular formula is C16H24N2O2S. The molecule has 1 aromatic carbocycles. The summed E-state index contributed by atoms with van der Waals surface area (Å²) in [6, 6.07) is 7.43. The lowest BCUT2D eigenvalue weighted by atomic mass is 10.1. The van der Waals surface area contributed by atoms with Gasteiger partial charge in [-0.15, -0.1) is 0 Å². The summed E-state index contributed by atoms with van der Waals surface area (Å²) in [5.74, 6) is 0.0200. The Labute approximate surface area is 132 Å². The average molecular weight is 308 g/mol. The average Bonchev–Trinajstić information content (AvgIpc) is 2.47. The van der Waals surface area contributed by atoms with E-state index in [1.807, 2.05) is 24.3 Å². The summed E-state index contributed by atoms with van der Waals surface area (Å²) in [5.41, 5.74) is 7.30. The lowest BCUT2D eigenvalue weighted by molar-refractivity contribution is -0.120. The first-order valence-electron chi connectivity index (χ1n) is 7.36. The van der Waals surface area contributed by atoms with Crippen LogP contribution in [0.4, 0.5) is 0 Å². The highest BCUT2D eigenvalue weighted by atomic mass is 32.1. The summed E-state index contributed by atoms with van der Waals surface area (Å²) in [7, 11) is 0. The monoisotopic (exact) mass is 308 g/mol. The van der Waals surface area contributed by atoms with Crippen molar-refractivity contribution in [2.75, 3.05) is 19.8 Å². The molecule has 0 aliphatic heterocycles. The highest BCUT2D eigenvalue weighted by Gasteiger charge is 2.03. The quantitative estimate of drug-likeness (QED) is 0.514. The van der Waals surface area contributed by atoms with Gasteiger partial charge < -0.3 is 15.8 Å². The van der Waals surface area contributed by atoms with Gasteiger partial charge in [-0.05, 0) is 18.4 Å². The molecule has 3 N–H and O–H groups in total. The molecule has 0 aliphatic carbocycles. The third-order valence-electron chi connectivity index (χ3n) is 3.03. The van der Waals surface area contributed by atoms with Crippen molar-refractivity contribution in [2.24, 2.45) is 5.73 Å². The van der Waals surface area contributed by atoms with E-state index in [-0.39, 0.29) is 5.91 Å². The van der Waals surface area contributed by atoms with Crippen LogP contribution >= 0.6 is 12.2 Å². The molecule has 0 saturated heterocycles. The van der Waals surface area contributed by atoms with Gasteiger partial charge in [-0.2, -0.15) is 0 Å². The fourth-order valence-electron chi connectivity index (χ4n) is 1.79. The maximum atomic E-state index is 11.8. The molecule has 0 saturated carbocycles. The standard InChI is InChI=1S/C16H24N2O2S/c1-2-3-10-20-11-4-9-18-15(19)12-13-5-7-14(8-6-13)16(17)21/h5-8H,2-4,9-12H2,1H3,(H2,17,21)(H,18,19). The summed E-state index contributed by atoms with van der Waals surface area (Å²) in [5, 5.41) is 2.89. The zero-order valence-electron chi connectivity index (χ0n) is 12.6. The van der Waals surface area contributed by atoms with Crippen LogP contribution in [-0.2, 0) is 16.0 Å². The van der Waals surface area contributed by atoms with Crippen molar-refractivity contribution in [3.8, 4) is 0 Å². The predicted molar refractivity (Wildman–Crippen MR) is 89.4 cm³/mol. The van der Waals surface area contributed by atoms with Gasteiger partial charge >= 0.3 is 0 Å². The van der Waals surface area contributed by atoms with E-state index in [1.165, 1.54) is 0 Å². The Balaban J connectivity index is 2.17. The van der Waals surface area contributed by atoms with E-state index < -0.39 is 0 Å². The second kappa shape index (κ2) is 10.3. The molecular weight excluding hydrogens is 284 g/mol. The molecule has 1 amide bonds. The van der Waals surface area contributed by atoms with Crippen molar-refractivity contribution in [2.45, 2.75) is 32.6 Å². The van der Waals surface area contributed by atoms with Crippen LogP contribution in [0.2, 0.25) is 0 Å². The first-order chi connectivity index (χ1) is 10.1. The Kier molecular flexibility index (Phi) is 8.62. The van der Waals surface area contributed by atoms with Crippen molar-refractivity contribution < 1.29 is 9.53 Å². The second-order valence-electron chi connectivity index (χ2n) is 4.91. The summed E-state index contributed by atoms with van der Waals surface area (Å²) in [6.45, 7) is 4.29. The number of carbonyl (C=O) groups excluding carboxylic acids is 1. The topological polar surface area (TPSA) is 64.3 Å². The Bertz CT molecular complexity index is 446. The van der Waals surface area contributed by atoms with Crippen LogP contribution in [0.15, 0.2) is 24.3 Å². The number of thiocarbonyl (C=S) groups is 1. The summed E-state index contributed by atoms with van der Waals surface area (Å²) in [4.78, 5) is 12.1. The molecule has 0 atom stereocenters. The maximum absolute atomic E-state index is 11.8. The van der Waals surface area contributed by atoms with Crippen molar-refractivity contribution in [1.29, 1.82) is 0 Å². The molecule has 0 heterocycles. The van der Waals surface area contributed by atoms with Crippen molar-refractivity contribution in [3.63, 3.8) is 0 Å². The van der Waals surface area contributed by atoms with Gasteiger partial charge in [0.1, 0.15) is 4.99 Å². The normalized spacial score (nSPS) is 10.3. The summed E-state index contributed by atoms with van der Waals surface area (Å²) >= 11 is 4.89. The van der Waals surface area contributed by atoms with Gasteiger partial charge in [-0.25, -0.2) is 0 Å². The van der Waals surface area contributed by atoms with E-state index >= 15 is 0 Å². The zero-order chi connectivity index (χ0) is 15.5. The fourth-order valence-corrected chi connectivity index (χ4v) is 1.92. The second-order valence-corrected chi connectivity index (χ2v) is 5.35. The molecule has 0 unspecified atom stereocenters. The number of rotatable bonds is 10. The lowest BCUT2D eigenvalue weighted by Crippen LogP contribution is -2.26. The maximum Gasteiger partial charge on any atom is 0.224 e. The van der Waals surface area contributed by atoms with Gasteiger partial charge in [-0.3, -0.25) is 4.79 Å². The SMILES string of the molecule is CCCCOCCCNC(=O)Cc1ccc(C(N)=S)cc1. The number of hydrogen-bond donors (Lipinski definition) is 2. The van der Waals surface area contributed by atoms with Crippen LogP contribution in [0.3, 0.4) is 0 Å². The van der Waals surface area contributed by atoms with E-state index in [0.29, 0.717) is 24.6 Å². The highest BCUT2D eigenvalue weighted by molar-refractivity contribution is 7.80. The largest absolute Gasteiger partial charge is 0.389 e. The number of hydrogen-bond acceptors (Lipinski definition) is 3. The molecule has 1 aromatic rings. The van der Waals surface area contributed by atoms with Gasteiger partial charge in [0.15, 0.2) is 0 Å². The number of carbonyl (C=O) groups is 1. The predicted octanol–water partition coefficient (Wildman–Crippen LogP) is 2.19. The summed E-state index contributed by atoms with van der Waals surface area (Å²) in [6.07, 6.45) is 3.45. The molecule has 0 bridgehead atoms. The molecule has 0 aliphatic rings. The van der Waals surface area contributed by atoms with Crippen molar-refractivity contribution in [1.82, 2.24) is 5.32 Å². The van der Waals surface area contributed by atoms with Crippen LogP contribution in [0.5, 0.6) is 0 Å². The highest BCUT2D eigenvalue weighted by Crippen LogP contribution is 2.05. The number of unbranched alkanes of at least 4 members (excludes halogenated alkanes) is 1. The number of amides is 1. The first kappa shape index (κ1) is 17.6. The van der Waals surface area contributed by atoms with Crippen LogP contribution in [0.25, 0.3) is 0 Å². The fraction of sp³-hybridized carbons (Fsp3) is 0.500. The zero-order valence-corrected chi connectivity index (χ0v) is 13.4. The van der Waals surface area contributed by atoms with Gasteiger partial charge in [0.25, 0.3) is 0 Å². The Morgan fingerprint density at radius 3 is 2.52 bits per heavy atom. The molecule has 0 spiro atoms. The van der Waals surface area contributed by atoms with Gasteiger partial charge in [0.2, 0.25) is 5.91 Å². The smallest absolute Gasteiger partial charge is 0.224 e. The van der Waals surface area contributed by atoms with E-state index in [2.05, 4.69) is 12.2 Å². The van der Waals surface area contributed by atoms with E-state index in [4.69, 9.17) is 22.7 Å². The Morgan fingerprint density at radius 2 is 1.90 bits per heavy atom. The molecule has 0 aromatic heterocycles. The molecule has 0 radical (unpaired) electrons. The Hall–Kier alpha value is -1.46. The minimum absolute atomic E-state index is 0.0200. The van der Waals surface area contributed by atoms with Crippen LogP contribution in [0.1, 0.15) is 37.3 Å². The third kappa shape index (κ3) is 7.78. The van der Waals surface area contributed by atoms with Gasteiger partial charge in [-0.1, -0.05) is 49.8 Å². The van der Waals surface area contributed by atoms with Gasteiger partial charge in [0.05, 0.1) is 6.42 Å². The van der Waals surface area contributed by atoms with Crippen LogP contribution in [-0.4, -0.2) is 30.7 Å². The minimum Gasteiger partial charge on any atom is -0.389 e. The molecule has 5 heteroatoms. The van der Waals surface area contributed by atoms with Crippen LogP contribution < -0.4 is 11.1 Å². The number of nitrogens with two attached hydrogens (primary N) is 1. The first-order valence-corrected chi connectivity index (χ1v) is 7.77. The van der Waals surface area contributed by atoms with Gasteiger partial charge in [0, 0.05) is 25.3 Å².